The highest BCUT2D eigenvalue weighted by molar-refractivity contribution is 5.91. The van der Waals surface area contributed by atoms with Crippen molar-refractivity contribution >= 4 is 22.8 Å². The van der Waals surface area contributed by atoms with Crippen LogP contribution in [0.4, 0.5) is 10.3 Å². The van der Waals surface area contributed by atoms with Crippen molar-refractivity contribution in [2.75, 3.05) is 5.01 Å². The number of fused-ring (bicyclic) bond motifs is 3. The summed E-state index contributed by atoms with van der Waals surface area (Å²) in [7, 11) is 1.59. The number of rotatable bonds is 4. The standard InChI is InChI=1S/C21H23FN6O2/c1-5-6-11-26-19(29)17-18(25(4)21(26)30)23-20-27(24-13(2)14(3)28(17)20)12-15-9-7-8-10-16(15)22/h5-10,14H,11-12H2,1-4H3/b6-5+. The number of aryl methyl sites for hydroxylation is 1. The SMILES string of the molecule is C/C=C/Cn1c(=O)c2c(nc3n2C(C)C(C)=NN3Cc2ccccc2F)n(C)c1=O. The van der Waals surface area contributed by atoms with E-state index in [0.29, 0.717) is 17.0 Å². The molecule has 9 heteroatoms. The maximum absolute atomic E-state index is 14.2. The molecular weight excluding hydrogens is 387 g/mol. The van der Waals surface area contributed by atoms with Gasteiger partial charge in [0.05, 0.1) is 18.3 Å². The van der Waals surface area contributed by atoms with Gasteiger partial charge in [0.1, 0.15) is 5.82 Å². The molecule has 0 bridgehead atoms. The molecule has 0 aliphatic carbocycles. The van der Waals surface area contributed by atoms with Gasteiger partial charge in [0.2, 0.25) is 5.95 Å². The summed E-state index contributed by atoms with van der Waals surface area (Å²) in [5.74, 6) is 0.0648. The van der Waals surface area contributed by atoms with Crippen molar-refractivity contribution in [3.63, 3.8) is 0 Å². The Hall–Kier alpha value is -3.49. The van der Waals surface area contributed by atoms with Crippen LogP contribution < -0.4 is 16.3 Å². The summed E-state index contributed by atoms with van der Waals surface area (Å²) in [6.07, 6.45) is 3.54. The van der Waals surface area contributed by atoms with E-state index >= 15 is 0 Å². The smallest absolute Gasteiger partial charge is 0.294 e. The molecule has 0 amide bonds. The fourth-order valence-corrected chi connectivity index (χ4v) is 3.65. The molecule has 0 fully saturated rings. The van der Waals surface area contributed by atoms with Gasteiger partial charge in [-0.2, -0.15) is 10.1 Å². The minimum absolute atomic E-state index is 0.154. The van der Waals surface area contributed by atoms with Crippen molar-refractivity contribution in [2.24, 2.45) is 12.1 Å². The lowest BCUT2D eigenvalue weighted by Crippen LogP contribution is -2.40. The van der Waals surface area contributed by atoms with Gasteiger partial charge in [-0.3, -0.25) is 18.5 Å². The van der Waals surface area contributed by atoms with E-state index in [0.717, 1.165) is 5.71 Å². The first-order chi connectivity index (χ1) is 14.3. The minimum atomic E-state index is -0.438. The zero-order chi connectivity index (χ0) is 21.6. The molecule has 3 heterocycles. The normalized spacial score (nSPS) is 16.4. The molecule has 156 valence electrons. The summed E-state index contributed by atoms with van der Waals surface area (Å²) in [5.41, 5.74) is 0.987. The van der Waals surface area contributed by atoms with Crippen LogP contribution in [0.1, 0.15) is 32.4 Å². The number of hydrogen-bond acceptors (Lipinski definition) is 5. The van der Waals surface area contributed by atoms with Crippen molar-refractivity contribution < 1.29 is 4.39 Å². The van der Waals surface area contributed by atoms with Gasteiger partial charge in [0, 0.05) is 19.2 Å². The van der Waals surface area contributed by atoms with Gasteiger partial charge in [0.25, 0.3) is 5.56 Å². The second-order valence-electron chi connectivity index (χ2n) is 7.35. The van der Waals surface area contributed by atoms with Crippen molar-refractivity contribution in [3.8, 4) is 0 Å². The van der Waals surface area contributed by atoms with Crippen molar-refractivity contribution in [2.45, 2.75) is 39.9 Å². The Balaban J connectivity index is 1.96. The lowest BCUT2D eigenvalue weighted by molar-refractivity contribution is 0.591. The topological polar surface area (TPSA) is 77.4 Å². The number of imidazole rings is 1. The van der Waals surface area contributed by atoms with Crippen LogP contribution in [0.5, 0.6) is 0 Å². The van der Waals surface area contributed by atoms with Crippen molar-refractivity contribution in [1.82, 2.24) is 18.7 Å². The van der Waals surface area contributed by atoms with Gasteiger partial charge in [-0.15, -0.1) is 0 Å². The van der Waals surface area contributed by atoms with Crippen molar-refractivity contribution in [3.05, 3.63) is 68.6 Å². The van der Waals surface area contributed by atoms with Crippen LogP contribution in [0.25, 0.3) is 11.2 Å². The third-order valence-corrected chi connectivity index (χ3v) is 5.46. The minimum Gasteiger partial charge on any atom is -0.294 e. The molecule has 30 heavy (non-hydrogen) atoms. The third-order valence-electron chi connectivity index (χ3n) is 5.46. The molecule has 1 aliphatic rings. The fourth-order valence-electron chi connectivity index (χ4n) is 3.65. The van der Waals surface area contributed by atoms with Crippen LogP contribution in [0.2, 0.25) is 0 Å². The van der Waals surface area contributed by atoms with Crippen LogP contribution in [0.15, 0.2) is 51.1 Å². The van der Waals surface area contributed by atoms with Crippen LogP contribution >= 0.6 is 0 Å². The molecular formula is C21H23FN6O2. The first-order valence-corrected chi connectivity index (χ1v) is 9.74. The van der Waals surface area contributed by atoms with Crippen LogP contribution in [-0.2, 0) is 20.1 Å². The summed E-state index contributed by atoms with van der Waals surface area (Å²) in [5, 5.41) is 6.16. The maximum Gasteiger partial charge on any atom is 0.332 e. The third kappa shape index (κ3) is 2.97. The quantitative estimate of drug-likeness (QED) is 0.620. The van der Waals surface area contributed by atoms with Gasteiger partial charge in [-0.05, 0) is 26.8 Å². The Morgan fingerprint density at radius 3 is 2.67 bits per heavy atom. The molecule has 1 atom stereocenters. The zero-order valence-electron chi connectivity index (χ0n) is 17.3. The Kier molecular flexibility index (Phi) is 4.89. The zero-order valence-corrected chi connectivity index (χ0v) is 17.3. The van der Waals surface area contributed by atoms with Crippen molar-refractivity contribution in [1.29, 1.82) is 0 Å². The number of halogens is 1. The molecule has 4 rings (SSSR count). The van der Waals surface area contributed by atoms with E-state index < -0.39 is 11.2 Å². The molecule has 1 aliphatic heterocycles. The summed E-state index contributed by atoms with van der Waals surface area (Å²) >= 11 is 0. The first-order valence-electron chi connectivity index (χ1n) is 9.74. The summed E-state index contributed by atoms with van der Waals surface area (Å²) in [6.45, 7) is 5.94. The number of anilines is 1. The fraction of sp³-hybridized carbons (Fsp3) is 0.333. The van der Waals surface area contributed by atoms with E-state index in [9.17, 15) is 14.0 Å². The predicted octanol–water partition coefficient (Wildman–Crippen LogP) is 2.57. The number of benzene rings is 1. The molecule has 3 aromatic rings. The second-order valence-corrected chi connectivity index (χ2v) is 7.35. The van der Waals surface area contributed by atoms with Crippen LogP contribution in [0, 0.1) is 5.82 Å². The number of hydrogen-bond donors (Lipinski definition) is 0. The molecule has 0 N–H and O–H groups in total. The van der Waals surface area contributed by atoms with E-state index in [-0.39, 0.29) is 30.6 Å². The molecule has 0 spiro atoms. The lowest BCUT2D eigenvalue weighted by atomic mass is 10.2. The van der Waals surface area contributed by atoms with E-state index in [1.54, 1.807) is 47.0 Å². The van der Waals surface area contributed by atoms with E-state index in [4.69, 9.17) is 0 Å². The molecule has 0 radical (unpaired) electrons. The molecule has 0 saturated carbocycles. The van der Waals surface area contributed by atoms with E-state index in [1.165, 1.54) is 15.2 Å². The van der Waals surface area contributed by atoms with Gasteiger partial charge >= 0.3 is 5.69 Å². The van der Waals surface area contributed by atoms with Crippen LogP contribution in [0.3, 0.4) is 0 Å². The van der Waals surface area contributed by atoms with Crippen LogP contribution in [-0.4, -0.2) is 24.4 Å². The number of nitrogens with zero attached hydrogens (tertiary/aromatic N) is 6. The summed E-state index contributed by atoms with van der Waals surface area (Å²) in [4.78, 5) is 30.6. The summed E-state index contributed by atoms with van der Waals surface area (Å²) < 4.78 is 18.6. The van der Waals surface area contributed by atoms with Gasteiger partial charge in [-0.25, -0.2) is 14.2 Å². The number of allylic oxidation sites excluding steroid dienone is 2. The number of hydrazone groups is 1. The first kappa shape index (κ1) is 19.8. The highest BCUT2D eigenvalue weighted by Gasteiger charge is 2.30. The van der Waals surface area contributed by atoms with E-state index in [2.05, 4.69) is 10.1 Å². The lowest BCUT2D eigenvalue weighted by Gasteiger charge is -2.29. The molecule has 2 aromatic heterocycles. The van der Waals surface area contributed by atoms with Gasteiger partial charge in [-0.1, -0.05) is 30.4 Å². The highest BCUT2D eigenvalue weighted by atomic mass is 19.1. The average molecular weight is 410 g/mol. The second kappa shape index (κ2) is 7.40. The molecule has 0 saturated heterocycles. The average Bonchev–Trinajstić information content (AvgIpc) is 3.13. The summed E-state index contributed by atoms with van der Waals surface area (Å²) in [6, 6.07) is 6.23. The largest absolute Gasteiger partial charge is 0.332 e. The van der Waals surface area contributed by atoms with E-state index in [1.807, 2.05) is 20.8 Å². The predicted molar refractivity (Wildman–Crippen MR) is 114 cm³/mol. The monoisotopic (exact) mass is 410 g/mol. The Morgan fingerprint density at radius 2 is 1.97 bits per heavy atom. The van der Waals surface area contributed by atoms with Gasteiger partial charge < -0.3 is 0 Å². The Labute approximate surface area is 172 Å². The Morgan fingerprint density at radius 1 is 1.23 bits per heavy atom. The molecule has 1 aromatic carbocycles. The molecule has 1 unspecified atom stereocenters. The number of aromatic nitrogens is 4. The maximum atomic E-state index is 14.2. The Bertz CT molecular complexity index is 1310. The highest BCUT2D eigenvalue weighted by Crippen LogP contribution is 2.31. The molecule has 8 nitrogen and oxygen atoms in total. The van der Waals surface area contributed by atoms with Gasteiger partial charge in [0.15, 0.2) is 11.2 Å².